The van der Waals surface area contributed by atoms with Gasteiger partial charge in [0.1, 0.15) is 0 Å². The van der Waals surface area contributed by atoms with E-state index < -0.39 is 5.41 Å². The number of hydrogen-bond donors (Lipinski definition) is 2. The van der Waals surface area contributed by atoms with Crippen LogP contribution < -0.4 is 10.2 Å². The van der Waals surface area contributed by atoms with Crippen molar-refractivity contribution in [3.8, 4) is 33.4 Å². The van der Waals surface area contributed by atoms with E-state index in [1.54, 1.807) is 0 Å². The van der Waals surface area contributed by atoms with Gasteiger partial charge in [-0.2, -0.15) is 0 Å². The summed E-state index contributed by atoms with van der Waals surface area (Å²) in [6.45, 7) is 0. The van der Waals surface area contributed by atoms with Gasteiger partial charge < -0.3 is 10.2 Å². The molecule has 3 nitrogen and oxygen atoms in total. The molecule has 0 fully saturated rings. The normalized spacial score (nSPS) is 13.6. The third-order valence-electron chi connectivity index (χ3n) is 14.9. The summed E-state index contributed by atoms with van der Waals surface area (Å²) in [6, 6.07) is 104. The summed E-state index contributed by atoms with van der Waals surface area (Å²) < 4.78 is 0. The molecule has 75 heavy (non-hydrogen) atoms. The van der Waals surface area contributed by atoms with E-state index in [4.69, 9.17) is 0 Å². The van der Waals surface area contributed by atoms with Crippen LogP contribution in [0.25, 0.3) is 56.4 Å². The lowest BCUT2D eigenvalue weighted by Crippen LogP contribution is -2.28. The van der Waals surface area contributed by atoms with Crippen molar-refractivity contribution in [1.82, 2.24) is 5.32 Å². The van der Waals surface area contributed by atoms with Crippen LogP contribution in [0.15, 0.2) is 291 Å². The second-order valence-corrected chi connectivity index (χ2v) is 19.2. The van der Waals surface area contributed by atoms with E-state index in [-0.39, 0.29) is 0 Å². The number of rotatable bonds is 11. The third kappa shape index (κ3) is 7.99. The van der Waals surface area contributed by atoms with Gasteiger partial charge in [0.05, 0.1) is 22.5 Å². The molecule has 0 saturated carbocycles. The van der Waals surface area contributed by atoms with Crippen LogP contribution in [0.2, 0.25) is 0 Å². The van der Waals surface area contributed by atoms with E-state index in [0.717, 1.165) is 84.1 Å². The van der Waals surface area contributed by atoms with Crippen LogP contribution in [0, 0.1) is 5.41 Å². The van der Waals surface area contributed by atoms with Gasteiger partial charge in [-0.25, -0.2) is 0 Å². The van der Waals surface area contributed by atoms with Crippen molar-refractivity contribution in [2.24, 2.45) is 0 Å². The Kier molecular flexibility index (Phi) is 11.6. The monoisotopic (exact) mass is 957 g/mol. The Hall–Kier alpha value is -9.83. The first-order valence-corrected chi connectivity index (χ1v) is 25.7. The molecule has 3 heteroatoms. The average Bonchev–Trinajstić information content (AvgIpc) is 3.87. The molecule has 0 aromatic heterocycles. The number of anilines is 3. The lowest BCUT2D eigenvalue weighted by molar-refractivity contribution is 0.768. The molecule has 0 atom stereocenters. The van der Waals surface area contributed by atoms with Crippen molar-refractivity contribution in [2.75, 3.05) is 4.90 Å². The second kappa shape index (κ2) is 19.3. The molecule has 0 spiro atoms. The van der Waals surface area contributed by atoms with Crippen molar-refractivity contribution in [3.05, 3.63) is 341 Å². The predicted molar refractivity (Wildman–Crippen MR) is 313 cm³/mol. The first kappa shape index (κ1) is 45.1. The molecule has 11 aromatic rings. The number of nitrogens with zero attached hydrogens (tertiary/aromatic N) is 1. The largest absolute Gasteiger partial charge is 0.354 e. The zero-order valence-corrected chi connectivity index (χ0v) is 41.2. The summed E-state index contributed by atoms with van der Waals surface area (Å²) in [5.74, 6) is 0. The topological polar surface area (TPSA) is 39.1 Å². The Bertz CT molecular complexity index is 3850. The molecular weight excluding hydrogens is 907 g/mol. The Balaban J connectivity index is 1.12. The first-order valence-electron chi connectivity index (χ1n) is 25.7. The van der Waals surface area contributed by atoms with Gasteiger partial charge >= 0.3 is 0 Å². The number of benzene rings is 11. The standard InChI is InChI=1S/C72H51N3/c73-70(54-33-16-5-17-34-54)68(53-31-14-4-15-32-53)71-62-44-43-60(48-57(62)49-66(74-71)52-29-12-3-13-30-52)75(61-46-55(50-25-8-1-9-26-50)45-56(47-61)51-27-10-2-11-28-51)67-42-24-41-65-69(67)63-39-22-23-40-64(63)72(65,58-35-18-6-19-36-58)59-37-20-7-21-38-59/h1-49,73-74H/b71-68-,73-70?. The summed E-state index contributed by atoms with van der Waals surface area (Å²) in [6.07, 6.45) is 2.28. The summed E-state index contributed by atoms with van der Waals surface area (Å²) in [5.41, 5.74) is 22.4. The lowest BCUT2D eigenvalue weighted by atomic mass is 9.68. The number of nitrogens with one attached hydrogen (secondary N) is 2. The SMILES string of the molecule is N=C(/C(=C1\NC(c2ccccc2)=Cc2cc(N(c3cc(-c4ccccc4)cc(-c4ccccc4)c3)c3cccc4c3-c3ccccc3C4(c3ccccc3)c3ccccc3)ccc21)c1ccccc1)c1ccccc1. The molecule has 0 unspecified atom stereocenters. The van der Waals surface area contributed by atoms with Crippen LogP contribution in [0.5, 0.6) is 0 Å². The highest BCUT2D eigenvalue weighted by Gasteiger charge is 2.47. The maximum Gasteiger partial charge on any atom is 0.0714 e. The average molecular weight is 958 g/mol. The number of allylic oxidation sites excluding steroid dienone is 1. The van der Waals surface area contributed by atoms with Gasteiger partial charge in [0, 0.05) is 39.3 Å². The summed E-state index contributed by atoms with van der Waals surface area (Å²) in [4.78, 5) is 2.49. The van der Waals surface area contributed by atoms with Crippen LogP contribution in [-0.4, -0.2) is 5.71 Å². The van der Waals surface area contributed by atoms with E-state index >= 15 is 0 Å². The highest BCUT2D eigenvalue weighted by Crippen LogP contribution is 2.60. The van der Waals surface area contributed by atoms with Crippen LogP contribution in [-0.2, 0) is 5.41 Å². The van der Waals surface area contributed by atoms with Crippen LogP contribution in [0.3, 0.4) is 0 Å². The Morgan fingerprint density at radius 2 is 0.867 bits per heavy atom. The molecule has 354 valence electrons. The third-order valence-corrected chi connectivity index (χ3v) is 14.9. The minimum atomic E-state index is -0.594. The lowest BCUT2D eigenvalue weighted by Gasteiger charge is -2.34. The molecule has 0 bridgehead atoms. The van der Waals surface area contributed by atoms with Gasteiger partial charge in [0.15, 0.2) is 0 Å². The van der Waals surface area contributed by atoms with E-state index in [0.29, 0.717) is 5.71 Å². The van der Waals surface area contributed by atoms with E-state index in [1.165, 1.54) is 33.4 Å². The van der Waals surface area contributed by atoms with Crippen LogP contribution >= 0.6 is 0 Å². The zero-order valence-electron chi connectivity index (χ0n) is 41.2. The maximum atomic E-state index is 9.95. The smallest absolute Gasteiger partial charge is 0.0714 e. The van der Waals surface area contributed by atoms with Crippen LogP contribution in [0.1, 0.15) is 50.1 Å². The molecule has 2 N–H and O–H groups in total. The number of hydrogen-bond acceptors (Lipinski definition) is 3. The van der Waals surface area contributed by atoms with Crippen LogP contribution in [0.4, 0.5) is 17.1 Å². The second-order valence-electron chi connectivity index (χ2n) is 19.2. The zero-order chi connectivity index (χ0) is 50.1. The fraction of sp³-hybridized carbons (Fsp3) is 0.0139. The molecule has 2 aliphatic rings. The van der Waals surface area contributed by atoms with Gasteiger partial charge in [-0.15, -0.1) is 0 Å². The Labute approximate surface area is 439 Å². The quantitative estimate of drug-likeness (QED) is 0.127. The van der Waals surface area contributed by atoms with E-state index in [1.807, 2.05) is 36.4 Å². The van der Waals surface area contributed by atoms with Gasteiger partial charge in [-0.1, -0.05) is 255 Å². The van der Waals surface area contributed by atoms with Crippen molar-refractivity contribution in [2.45, 2.75) is 5.41 Å². The van der Waals surface area contributed by atoms with Gasteiger partial charge in [-0.3, -0.25) is 5.41 Å². The first-order chi connectivity index (χ1) is 37.1. The van der Waals surface area contributed by atoms with Gasteiger partial charge in [-0.05, 0) is 109 Å². The van der Waals surface area contributed by atoms with Crippen molar-refractivity contribution in [3.63, 3.8) is 0 Å². The molecule has 0 amide bonds. The predicted octanol–water partition coefficient (Wildman–Crippen LogP) is 17.9. The minimum absolute atomic E-state index is 0.445. The highest BCUT2D eigenvalue weighted by molar-refractivity contribution is 6.36. The number of fused-ring (bicyclic) bond motifs is 4. The van der Waals surface area contributed by atoms with E-state index in [9.17, 15) is 5.41 Å². The molecule has 0 saturated heterocycles. The Morgan fingerprint density at radius 3 is 1.45 bits per heavy atom. The minimum Gasteiger partial charge on any atom is -0.354 e. The van der Waals surface area contributed by atoms with Gasteiger partial charge in [0.25, 0.3) is 0 Å². The molecule has 1 heterocycles. The fourth-order valence-corrected chi connectivity index (χ4v) is 11.6. The molecule has 1 aliphatic heterocycles. The molecule has 1 aliphatic carbocycles. The van der Waals surface area contributed by atoms with E-state index in [2.05, 4.69) is 271 Å². The summed E-state index contributed by atoms with van der Waals surface area (Å²) in [7, 11) is 0. The summed E-state index contributed by atoms with van der Waals surface area (Å²) in [5, 5.41) is 13.9. The van der Waals surface area contributed by atoms with Gasteiger partial charge in [0.2, 0.25) is 0 Å². The van der Waals surface area contributed by atoms with Crippen molar-refractivity contribution < 1.29 is 0 Å². The molecule has 13 rings (SSSR count). The fourth-order valence-electron chi connectivity index (χ4n) is 11.6. The van der Waals surface area contributed by atoms with Crippen molar-refractivity contribution >= 4 is 45.8 Å². The molecular formula is C72H51N3. The Morgan fingerprint density at radius 1 is 0.373 bits per heavy atom. The van der Waals surface area contributed by atoms with Crippen molar-refractivity contribution in [1.29, 1.82) is 5.41 Å². The highest BCUT2D eigenvalue weighted by atomic mass is 15.1. The summed E-state index contributed by atoms with van der Waals surface area (Å²) >= 11 is 0. The maximum absolute atomic E-state index is 9.95. The molecule has 11 aromatic carbocycles. The molecule has 0 radical (unpaired) electrons.